The quantitative estimate of drug-likeness (QED) is 0.392. The van der Waals surface area contributed by atoms with Gasteiger partial charge in [0.1, 0.15) is 0 Å². The zero-order valence-electron chi connectivity index (χ0n) is 12.7. The molecule has 0 saturated heterocycles. The summed E-state index contributed by atoms with van der Waals surface area (Å²) in [6.07, 6.45) is 0. The number of anilines is 1. The lowest BCUT2D eigenvalue weighted by atomic mass is 10.1. The van der Waals surface area contributed by atoms with Crippen LogP contribution in [0.2, 0.25) is 0 Å². The van der Waals surface area contributed by atoms with E-state index in [4.69, 9.17) is 10.9 Å². The SMILES string of the molecule is Cc1ccc(CN(C)c2cccc(C(N)=NO)c2)cc1C. The Labute approximate surface area is 125 Å². The van der Waals surface area contributed by atoms with Gasteiger partial charge >= 0.3 is 0 Å². The van der Waals surface area contributed by atoms with Gasteiger partial charge in [-0.15, -0.1) is 0 Å². The smallest absolute Gasteiger partial charge is 0.170 e. The normalized spacial score (nSPS) is 11.5. The first kappa shape index (κ1) is 14.9. The fourth-order valence-electron chi connectivity index (χ4n) is 2.23. The van der Waals surface area contributed by atoms with Gasteiger partial charge in [0, 0.05) is 24.8 Å². The van der Waals surface area contributed by atoms with Crippen molar-refractivity contribution in [2.24, 2.45) is 10.9 Å². The van der Waals surface area contributed by atoms with Crippen molar-refractivity contribution in [1.29, 1.82) is 0 Å². The summed E-state index contributed by atoms with van der Waals surface area (Å²) in [5.41, 5.74) is 11.2. The van der Waals surface area contributed by atoms with Gasteiger partial charge in [0.05, 0.1) is 0 Å². The van der Waals surface area contributed by atoms with Gasteiger partial charge in [-0.05, 0) is 42.7 Å². The van der Waals surface area contributed by atoms with Gasteiger partial charge in [0.15, 0.2) is 5.84 Å². The predicted octanol–water partition coefficient (Wildman–Crippen LogP) is 3.03. The number of oxime groups is 1. The lowest BCUT2D eigenvalue weighted by Gasteiger charge is -2.20. The highest BCUT2D eigenvalue weighted by Gasteiger charge is 2.06. The lowest BCUT2D eigenvalue weighted by Crippen LogP contribution is -2.18. The lowest BCUT2D eigenvalue weighted by molar-refractivity contribution is 0.318. The Morgan fingerprint density at radius 2 is 1.90 bits per heavy atom. The monoisotopic (exact) mass is 283 g/mol. The second kappa shape index (κ2) is 6.31. The summed E-state index contributed by atoms with van der Waals surface area (Å²) in [5, 5.41) is 11.8. The fraction of sp³-hybridized carbons (Fsp3) is 0.235. The molecule has 0 aromatic heterocycles. The standard InChI is InChI=1S/C17H21N3O/c1-12-7-8-14(9-13(12)2)11-20(3)16-6-4-5-15(10-16)17(18)19-21/h4-10,21H,11H2,1-3H3,(H2,18,19). The van der Waals surface area contributed by atoms with E-state index in [1.807, 2.05) is 31.3 Å². The van der Waals surface area contributed by atoms with Gasteiger partial charge < -0.3 is 15.8 Å². The summed E-state index contributed by atoms with van der Waals surface area (Å²) >= 11 is 0. The topological polar surface area (TPSA) is 61.8 Å². The Hall–Kier alpha value is -2.49. The summed E-state index contributed by atoms with van der Waals surface area (Å²) < 4.78 is 0. The van der Waals surface area contributed by atoms with E-state index in [2.05, 4.69) is 42.1 Å². The average Bonchev–Trinajstić information content (AvgIpc) is 2.50. The van der Waals surface area contributed by atoms with E-state index in [1.165, 1.54) is 16.7 Å². The molecule has 21 heavy (non-hydrogen) atoms. The summed E-state index contributed by atoms with van der Waals surface area (Å²) in [6.45, 7) is 5.04. The molecule has 0 unspecified atom stereocenters. The minimum atomic E-state index is 0.122. The molecule has 0 radical (unpaired) electrons. The van der Waals surface area contributed by atoms with Gasteiger partial charge in [-0.2, -0.15) is 0 Å². The molecule has 2 aromatic rings. The molecule has 0 amide bonds. The van der Waals surface area contributed by atoms with Gasteiger partial charge in [0.25, 0.3) is 0 Å². The molecule has 0 spiro atoms. The third kappa shape index (κ3) is 3.54. The van der Waals surface area contributed by atoms with E-state index in [1.54, 1.807) is 0 Å². The van der Waals surface area contributed by atoms with E-state index >= 15 is 0 Å². The minimum Gasteiger partial charge on any atom is -0.409 e. The molecule has 0 aliphatic rings. The first-order valence-electron chi connectivity index (χ1n) is 6.86. The van der Waals surface area contributed by atoms with Crippen molar-refractivity contribution in [2.75, 3.05) is 11.9 Å². The Bertz CT molecular complexity index is 665. The highest BCUT2D eigenvalue weighted by atomic mass is 16.4. The number of amidine groups is 1. The summed E-state index contributed by atoms with van der Waals surface area (Å²) in [4.78, 5) is 2.14. The van der Waals surface area contributed by atoms with E-state index < -0.39 is 0 Å². The number of nitrogens with zero attached hydrogens (tertiary/aromatic N) is 2. The van der Waals surface area contributed by atoms with Gasteiger partial charge in [-0.3, -0.25) is 0 Å². The highest BCUT2D eigenvalue weighted by Crippen LogP contribution is 2.18. The molecule has 4 heteroatoms. The maximum absolute atomic E-state index is 8.76. The van der Waals surface area contributed by atoms with E-state index in [-0.39, 0.29) is 5.84 Å². The number of benzene rings is 2. The first-order chi connectivity index (χ1) is 10.0. The van der Waals surface area contributed by atoms with Gasteiger partial charge in [-0.25, -0.2) is 0 Å². The maximum atomic E-state index is 8.76. The van der Waals surface area contributed by atoms with Crippen molar-refractivity contribution in [3.63, 3.8) is 0 Å². The molecule has 0 fully saturated rings. The second-order valence-electron chi connectivity index (χ2n) is 5.31. The average molecular weight is 283 g/mol. The summed E-state index contributed by atoms with van der Waals surface area (Å²) in [5.74, 6) is 0.122. The third-order valence-corrected chi connectivity index (χ3v) is 3.68. The van der Waals surface area contributed by atoms with Gasteiger partial charge in [-0.1, -0.05) is 35.5 Å². The molecule has 4 nitrogen and oxygen atoms in total. The number of rotatable bonds is 4. The Kier molecular flexibility index (Phi) is 4.48. The van der Waals surface area contributed by atoms with Crippen LogP contribution in [0.3, 0.4) is 0 Å². The van der Waals surface area contributed by atoms with Crippen LogP contribution in [0.5, 0.6) is 0 Å². The predicted molar refractivity (Wildman–Crippen MR) is 87.0 cm³/mol. The maximum Gasteiger partial charge on any atom is 0.170 e. The number of hydrogen-bond acceptors (Lipinski definition) is 3. The van der Waals surface area contributed by atoms with Crippen LogP contribution < -0.4 is 10.6 Å². The largest absolute Gasteiger partial charge is 0.409 e. The molecule has 0 aliphatic carbocycles. The summed E-state index contributed by atoms with van der Waals surface area (Å²) in [7, 11) is 2.03. The van der Waals surface area contributed by atoms with Crippen LogP contribution in [0.1, 0.15) is 22.3 Å². The van der Waals surface area contributed by atoms with Crippen LogP contribution in [0.15, 0.2) is 47.6 Å². The van der Waals surface area contributed by atoms with Crippen LogP contribution in [-0.4, -0.2) is 18.1 Å². The summed E-state index contributed by atoms with van der Waals surface area (Å²) in [6, 6.07) is 14.1. The number of hydrogen-bond donors (Lipinski definition) is 2. The van der Waals surface area contributed by atoms with Gasteiger partial charge in [0.2, 0.25) is 0 Å². The van der Waals surface area contributed by atoms with E-state index in [0.717, 1.165) is 12.2 Å². The van der Waals surface area contributed by atoms with Crippen molar-refractivity contribution in [3.8, 4) is 0 Å². The molecule has 3 N–H and O–H groups in total. The molecule has 110 valence electrons. The Balaban J connectivity index is 2.20. The minimum absolute atomic E-state index is 0.122. The molecule has 2 rings (SSSR count). The van der Waals surface area contributed by atoms with Crippen LogP contribution >= 0.6 is 0 Å². The molecule has 0 saturated carbocycles. The molecule has 0 atom stereocenters. The first-order valence-corrected chi connectivity index (χ1v) is 6.86. The number of nitrogens with two attached hydrogens (primary N) is 1. The van der Waals surface area contributed by atoms with Crippen molar-refractivity contribution in [1.82, 2.24) is 0 Å². The third-order valence-electron chi connectivity index (χ3n) is 3.68. The zero-order valence-corrected chi connectivity index (χ0v) is 12.7. The number of aryl methyl sites for hydroxylation is 2. The van der Waals surface area contributed by atoms with E-state index in [9.17, 15) is 0 Å². The molecule has 0 bridgehead atoms. The highest BCUT2D eigenvalue weighted by molar-refractivity contribution is 5.97. The molecule has 0 aliphatic heterocycles. The van der Waals surface area contributed by atoms with Crippen LogP contribution in [0, 0.1) is 13.8 Å². The Morgan fingerprint density at radius 1 is 1.14 bits per heavy atom. The zero-order chi connectivity index (χ0) is 15.4. The van der Waals surface area contributed by atoms with Crippen molar-refractivity contribution >= 4 is 11.5 Å². The second-order valence-corrected chi connectivity index (χ2v) is 5.31. The molecular weight excluding hydrogens is 262 g/mol. The van der Waals surface area contributed by atoms with Crippen molar-refractivity contribution in [3.05, 3.63) is 64.7 Å². The Morgan fingerprint density at radius 3 is 2.57 bits per heavy atom. The van der Waals surface area contributed by atoms with Crippen LogP contribution in [-0.2, 0) is 6.54 Å². The van der Waals surface area contributed by atoms with E-state index in [0.29, 0.717) is 5.56 Å². The fourth-order valence-corrected chi connectivity index (χ4v) is 2.23. The van der Waals surface area contributed by atoms with Crippen LogP contribution in [0.25, 0.3) is 0 Å². The molecule has 0 heterocycles. The molecular formula is C17H21N3O. The molecule has 2 aromatic carbocycles. The van der Waals surface area contributed by atoms with Crippen molar-refractivity contribution < 1.29 is 5.21 Å². The van der Waals surface area contributed by atoms with Crippen LogP contribution in [0.4, 0.5) is 5.69 Å². The van der Waals surface area contributed by atoms with Crippen molar-refractivity contribution in [2.45, 2.75) is 20.4 Å².